The van der Waals surface area contributed by atoms with Crippen molar-refractivity contribution in [2.75, 3.05) is 0 Å². The van der Waals surface area contributed by atoms with E-state index in [1.807, 2.05) is 12.1 Å². The van der Waals surface area contributed by atoms with E-state index < -0.39 is 0 Å². The molecular weight excluding hydrogens is 357 g/mol. The molecule has 0 saturated heterocycles. The second-order valence-corrected chi connectivity index (χ2v) is 4.75. The second-order valence-electron chi connectivity index (χ2n) is 2.94. The highest BCUT2D eigenvalue weighted by molar-refractivity contribution is 14.1. The predicted octanol–water partition coefficient (Wildman–Crippen LogP) is 3.69. The van der Waals surface area contributed by atoms with Crippen LogP contribution in [0.5, 0.6) is 0 Å². The number of aliphatic hydroxyl groups is 1. The highest BCUT2D eigenvalue weighted by atomic mass is 127. The van der Waals surface area contributed by atoms with E-state index in [1.54, 1.807) is 12.1 Å². The summed E-state index contributed by atoms with van der Waals surface area (Å²) in [6.45, 7) is 0. The first-order chi connectivity index (χ1) is 7.58. The van der Waals surface area contributed by atoms with E-state index in [2.05, 4.69) is 22.6 Å². The Bertz CT molecular complexity index is 471. The molecule has 0 unspecified atom stereocenters. The first-order valence-electron chi connectivity index (χ1n) is 4.31. The van der Waals surface area contributed by atoms with Crippen LogP contribution in [0.3, 0.4) is 0 Å². The van der Waals surface area contributed by atoms with E-state index in [0.717, 1.165) is 9.13 Å². The average molecular weight is 366 g/mol. The van der Waals surface area contributed by atoms with Crippen molar-refractivity contribution >= 4 is 57.9 Å². The molecule has 0 heterocycles. The van der Waals surface area contributed by atoms with Gasteiger partial charge in [0.25, 0.3) is 0 Å². The van der Waals surface area contributed by atoms with Crippen LogP contribution in [-0.2, 0) is 0 Å². The van der Waals surface area contributed by atoms with Gasteiger partial charge in [0, 0.05) is 20.7 Å². The van der Waals surface area contributed by atoms with Gasteiger partial charge in [-0.05, 0) is 46.4 Å². The van der Waals surface area contributed by atoms with Gasteiger partial charge in [0.1, 0.15) is 5.76 Å². The zero-order valence-electron chi connectivity index (χ0n) is 8.15. The molecule has 1 aromatic carbocycles. The number of benzene rings is 1. The standard InChI is InChI=1S/C11H9ClINOS/c12-9-3-7(1-2-10(9)13)4-11(15)8(5-14)6-16/h1-6,15H,14H2/b8-5?,11-4-. The Hall–Kier alpha value is -0.590. The zero-order valence-corrected chi connectivity index (χ0v) is 11.9. The largest absolute Gasteiger partial charge is 0.507 e. The molecule has 0 radical (unpaired) electrons. The van der Waals surface area contributed by atoms with Crippen LogP contribution in [-0.4, -0.2) is 10.5 Å². The van der Waals surface area contributed by atoms with Gasteiger partial charge in [-0.3, -0.25) is 0 Å². The number of hydrogen-bond donors (Lipinski definition) is 2. The van der Waals surface area contributed by atoms with Gasteiger partial charge in [-0.25, -0.2) is 0 Å². The Morgan fingerprint density at radius 2 is 2.19 bits per heavy atom. The van der Waals surface area contributed by atoms with E-state index in [0.29, 0.717) is 10.6 Å². The average Bonchev–Trinajstić information content (AvgIpc) is 2.25. The lowest BCUT2D eigenvalue weighted by molar-refractivity contribution is 0.434. The maximum Gasteiger partial charge on any atom is 0.125 e. The minimum Gasteiger partial charge on any atom is -0.507 e. The van der Waals surface area contributed by atoms with Gasteiger partial charge in [-0.2, -0.15) is 0 Å². The quantitative estimate of drug-likeness (QED) is 0.282. The molecule has 1 rings (SSSR count). The number of thiocarbonyl (C=S) groups is 1. The fourth-order valence-electron chi connectivity index (χ4n) is 1.03. The van der Waals surface area contributed by atoms with Crippen molar-refractivity contribution < 1.29 is 5.11 Å². The van der Waals surface area contributed by atoms with Crippen LogP contribution in [0.15, 0.2) is 35.7 Å². The molecule has 1 aromatic rings. The highest BCUT2D eigenvalue weighted by Crippen LogP contribution is 2.21. The van der Waals surface area contributed by atoms with Crippen molar-refractivity contribution in [1.29, 1.82) is 0 Å². The monoisotopic (exact) mass is 365 g/mol. The molecule has 84 valence electrons. The van der Waals surface area contributed by atoms with E-state index in [1.165, 1.54) is 11.6 Å². The van der Waals surface area contributed by atoms with Crippen molar-refractivity contribution in [3.05, 3.63) is 49.9 Å². The van der Waals surface area contributed by atoms with E-state index in [-0.39, 0.29) is 5.76 Å². The molecule has 0 bridgehead atoms. The lowest BCUT2D eigenvalue weighted by Gasteiger charge is -2.01. The van der Waals surface area contributed by atoms with Crippen LogP contribution in [0.25, 0.3) is 6.08 Å². The van der Waals surface area contributed by atoms with Gasteiger partial charge >= 0.3 is 0 Å². The summed E-state index contributed by atoms with van der Waals surface area (Å²) in [7, 11) is 0. The molecule has 0 saturated carbocycles. The van der Waals surface area contributed by atoms with E-state index in [9.17, 15) is 5.11 Å². The van der Waals surface area contributed by atoms with Crippen LogP contribution in [0.2, 0.25) is 5.02 Å². The number of halogens is 2. The molecule has 0 amide bonds. The predicted molar refractivity (Wildman–Crippen MR) is 80.7 cm³/mol. The summed E-state index contributed by atoms with van der Waals surface area (Å²) in [4.78, 5) is 0. The Balaban J connectivity index is 3.07. The lowest BCUT2D eigenvalue weighted by atomic mass is 10.1. The summed E-state index contributed by atoms with van der Waals surface area (Å²) in [6.07, 6.45) is 2.82. The van der Waals surface area contributed by atoms with Crippen LogP contribution >= 0.6 is 46.4 Å². The number of hydrogen-bond acceptors (Lipinski definition) is 3. The first-order valence-corrected chi connectivity index (χ1v) is 6.24. The fraction of sp³-hybridized carbons (Fsp3) is 0. The first kappa shape index (κ1) is 13.5. The molecule has 0 spiro atoms. The summed E-state index contributed by atoms with van der Waals surface area (Å²) in [5, 5.41) is 11.7. The Labute approximate surface area is 118 Å². The molecule has 0 aromatic heterocycles. The van der Waals surface area contributed by atoms with Crippen molar-refractivity contribution in [1.82, 2.24) is 0 Å². The molecule has 16 heavy (non-hydrogen) atoms. The summed E-state index contributed by atoms with van der Waals surface area (Å²) in [5.41, 5.74) is 6.50. The van der Waals surface area contributed by atoms with E-state index >= 15 is 0 Å². The highest BCUT2D eigenvalue weighted by Gasteiger charge is 2.01. The maximum atomic E-state index is 9.69. The van der Waals surface area contributed by atoms with E-state index in [4.69, 9.17) is 29.6 Å². The summed E-state index contributed by atoms with van der Waals surface area (Å²) < 4.78 is 0.959. The Morgan fingerprint density at radius 1 is 1.50 bits per heavy atom. The zero-order chi connectivity index (χ0) is 12.1. The minimum absolute atomic E-state index is 0.0229. The number of rotatable bonds is 3. The third-order valence-corrected chi connectivity index (χ3v) is 3.68. The number of nitrogens with two attached hydrogens (primary N) is 1. The minimum atomic E-state index is 0.0229. The maximum absolute atomic E-state index is 9.69. The summed E-state index contributed by atoms with van der Waals surface area (Å²) >= 11 is 12.8. The molecule has 0 atom stereocenters. The topological polar surface area (TPSA) is 46.2 Å². The van der Waals surface area contributed by atoms with Crippen LogP contribution in [0.4, 0.5) is 0 Å². The van der Waals surface area contributed by atoms with Gasteiger partial charge < -0.3 is 10.8 Å². The molecule has 2 nitrogen and oxygen atoms in total. The van der Waals surface area contributed by atoms with Crippen LogP contribution < -0.4 is 5.73 Å². The smallest absolute Gasteiger partial charge is 0.125 e. The molecular formula is C11H9ClINOS. The third-order valence-electron chi connectivity index (χ3n) is 1.85. The third kappa shape index (κ3) is 3.47. The molecule has 0 aliphatic rings. The summed E-state index contributed by atoms with van der Waals surface area (Å²) in [5.74, 6) is 0.0229. The number of aliphatic hydroxyl groups excluding tert-OH is 1. The summed E-state index contributed by atoms with van der Waals surface area (Å²) in [6, 6.07) is 5.48. The van der Waals surface area contributed by atoms with Crippen LogP contribution in [0, 0.1) is 3.57 Å². The number of allylic oxidation sites excluding steroid dienone is 1. The van der Waals surface area contributed by atoms with Crippen molar-refractivity contribution in [3.63, 3.8) is 0 Å². The molecule has 0 fully saturated rings. The van der Waals surface area contributed by atoms with Crippen molar-refractivity contribution in [2.45, 2.75) is 0 Å². The van der Waals surface area contributed by atoms with Crippen molar-refractivity contribution in [3.8, 4) is 0 Å². The van der Waals surface area contributed by atoms with Crippen LogP contribution in [0.1, 0.15) is 5.56 Å². The normalized spacial score (nSPS) is 12.6. The van der Waals surface area contributed by atoms with Gasteiger partial charge in [-0.1, -0.05) is 29.9 Å². The van der Waals surface area contributed by atoms with Crippen molar-refractivity contribution in [2.24, 2.45) is 5.73 Å². The Morgan fingerprint density at radius 3 is 2.69 bits per heavy atom. The molecule has 3 N–H and O–H groups in total. The van der Waals surface area contributed by atoms with Gasteiger partial charge in [0.05, 0.1) is 5.02 Å². The second kappa shape index (κ2) is 6.22. The van der Waals surface area contributed by atoms with Gasteiger partial charge in [0.2, 0.25) is 0 Å². The van der Waals surface area contributed by atoms with Gasteiger partial charge in [-0.15, -0.1) is 0 Å². The molecule has 0 aliphatic carbocycles. The molecule has 0 aliphatic heterocycles. The van der Waals surface area contributed by atoms with Gasteiger partial charge in [0.15, 0.2) is 0 Å². The SMILES string of the molecule is NC=C(C=S)/C(O)=C/c1ccc(I)c(Cl)c1. The fourth-order valence-corrected chi connectivity index (χ4v) is 1.75. The molecule has 5 heteroatoms. The Kier molecular flexibility index (Phi) is 5.24. The lowest BCUT2D eigenvalue weighted by Crippen LogP contribution is -1.93.